The van der Waals surface area contributed by atoms with Crippen molar-refractivity contribution in [2.45, 2.75) is 26.4 Å². The van der Waals surface area contributed by atoms with E-state index in [1.807, 2.05) is 7.05 Å². The molecule has 0 aliphatic heterocycles. The molecule has 0 saturated carbocycles. The van der Waals surface area contributed by atoms with Gasteiger partial charge in [0.25, 0.3) is 0 Å². The predicted octanol–water partition coefficient (Wildman–Crippen LogP) is 0.671. The number of carboxylic acids is 1. The molecule has 0 spiro atoms. The van der Waals surface area contributed by atoms with E-state index in [1.54, 1.807) is 37.9 Å². The van der Waals surface area contributed by atoms with Gasteiger partial charge in [0, 0.05) is 26.5 Å². The van der Waals surface area contributed by atoms with E-state index in [0.29, 0.717) is 6.54 Å². The van der Waals surface area contributed by atoms with Gasteiger partial charge in [-0.15, -0.1) is 0 Å². The fourth-order valence-electron chi connectivity index (χ4n) is 1.59. The van der Waals surface area contributed by atoms with E-state index in [9.17, 15) is 9.59 Å². The summed E-state index contributed by atoms with van der Waals surface area (Å²) >= 11 is 0. The molecule has 106 valence electrons. The van der Waals surface area contributed by atoms with E-state index in [4.69, 9.17) is 5.11 Å². The highest BCUT2D eigenvalue weighted by Crippen LogP contribution is 2.04. The zero-order chi connectivity index (χ0) is 14.6. The largest absolute Gasteiger partial charge is 0.480 e. The number of hydrogen-bond donors (Lipinski definition) is 2. The van der Waals surface area contributed by atoms with Crippen molar-refractivity contribution in [1.82, 2.24) is 19.8 Å². The smallest absolute Gasteiger partial charge is 0.326 e. The van der Waals surface area contributed by atoms with Gasteiger partial charge in [-0.2, -0.15) is 0 Å². The minimum absolute atomic E-state index is 0.178. The van der Waals surface area contributed by atoms with Gasteiger partial charge in [0.15, 0.2) is 0 Å². The second-order valence-electron chi connectivity index (χ2n) is 4.82. The molecule has 0 aliphatic carbocycles. The number of aliphatic carboxylic acids is 1. The minimum Gasteiger partial charge on any atom is -0.480 e. The molecule has 19 heavy (non-hydrogen) atoms. The highest BCUT2D eigenvalue weighted by atomic mass is 16.4. The summed E-state index contributed by atoms with van der Waals surface area (Å²) in [6.45, 7) is 3.81. The molecule has 0 unspecified atom stereocenters. The number of aryl methyl sites for hydroxylation is 1. The first kappa shape index (κ1) is 15.0. The van der Waals surface area contributed by atoms with E-state index >= 15 is 0 Å². The van der Waals surface area contributed by atoms with Gasteiger partial charge in [0.1, 0.15) is 11.9 Å². The van der Waals surface area contributed by atoms with Gasteiger partial charge in [-0.1, -0.05) is 13.8 Å². The number of rotatable bonds is 5. The first-order chi connectivity index (χ1) is 8.82. The number of nitrogens with zero attached hydrogens (tertiary/aromatic N) is 3. The number of aromatic nitrogens is 2. The van der Waals surface area contributed by atoms with Gasteiger partial charge >= 0.3 is 12.0 Å². The van der Waals surface area contributed by atoms with Gasteiger partial charge in [-0.25, -0.2) is 14.6 Å². The van der Waals surface area contributed by atoms with Crippen LogP contribution < -0.4 is 5.32 Å². The third-order valence-corrected chi connectivity index (χ3v) is 2.86. The van der Waals surface area contributed by atoms with E-state index < -0.39 is 18.0 Å². The monoisotopic (exact) mass is 268 g/mol. The van der Waals surface area contributed by atoms with Gasteiger partial charge in [0.05, 0.1) is 6.54 Å². The average Bonchev–Trinajstić information content (AvgIpc) is 2.70. The van der Waals surface area contributed by atoms with E-state index in [0.717, 1.165) is 5.82 Å². The van der Waals surface area contributed by atoms with Crippen LogP contribution in [0.2, 0.25) is 0 Å². The Bertz CT molecular complexity index is 456. The van der Waals surface area contributed by atoms with Crippen LogP contribution in [0.4, 0.5) is 4.79 Å². The molecule has 0 bridgehead atoms. The van der Waals surface area contributed by atoms with Crippen molar-refractivity contribution in [3.8, 4) is 0 Å². The first-order valence-electron chi connectivity index (χ1n) is 6.03. The molecule has 7 nitrogen and oxygen atoms in total. The first-order valence-corrected chi connectivity index (χ1v) is 6.03. The van der Waals surface area contributed by atoms with Crippen LogP contribution in [0.25, 0.3) is 0 Å². The predicted molar refractivity (Wildman–Crippen MR) is 69.5 cm³/mol. The number of imidazole rings is 1. The molecular weight excluding hydrogens is 248 g/mol. The van der Waals surface area contributed by atoms with Crippen molar-refractivity contribution in [3.05, 3.63) is 18.2 Å². The normalized spacial score (nSPS) is 12.3. The summed E-state index contributed by atoms with van der Waals surface area (Å²) in [7, 11) is 3.44. The molecule has 0 aliphatic rings. The van der Waals surface area contributed by atoms with Crippen molar-refractivity contribution in [1.29, 1.82) is 0 Å². The number of urea groups is 1. The maximum absolute atomic E-state index is 11.9. The lowest BCUT2D eigenvalue weighted by Gasteiger charge is -2.23. The molecule has 1 atom stereocenters. The molecule has 1 heterocycles. The van der Waals surface area contributed by atoms with E-state index in [1.165, 1.54) is 4.90 Å². The molecule has 0 fully saturated rings. The molecule has 1 rings (SSSR count). The molecule has 1 aromatic heterocycles. The second-order valence-corrected chi connectivity index (χ2v) is 4.82. The molecule has 2 N–H and O–H groups in total. The molecule has 2 amide bonds. The molecule has 0 saturated heterocycles. The van der Waals surface area contributed by atoms with Crippen LogP contribution in [0, 0.1) is 5.92 Å². The Morgan fingerprint density at radius 1 is 1.53 bits per heavy atom. The molecule has 0 radical (unpaired) electrons. The number of carboxylic acid groups (broad SMARTS) is 1. The average molecular weight is 268 g/mol. The molecule has 7 heteroatoms. The third-order valence-electron chi connectivity index (χ3n) is 2.86. The highest BCUT2D eigenvalue weighted by molar-refractivity contribution is 5.82. The molecule has 1 aromatic rings. The summed E-state index contributed by atoms with van der Waals surface area (Å²) in [4.78, 5) is 28.5. The van der Waals surface area contributed by atoms with Crippen LogP contribution in [-0.4, -0.2) is 44.6 Å². The van der Waals surface area contributed by atoms with Crippen LogP contribution in [0.3, 0.4) is 0 Å². The van der Waals surface area contributed by atoms with Crippen LogP contribution in [0.15, 0.2) is 12.4 Å². The third kappa shape index (κ3) is 3.97. The molecular formula is C12H20N4O3. The topological polar surface area (TPSA) is 87.5 Å². The number of amides is 2. The highest BCUT2D eigenvalue weighted by Gasteiger charge is 2.25. The van der Waals surface area contributed by atoms with Gasteiger partial charge < -0.3 is 19.9 Å². The summed E-state index contributed by atoms with van der Waals surface area (Å²) in [5, 5.41) is 11.5. The Hall–Kier alpha value is -2.05. The molecule has 0 aromatic carbocycles. The lowest BCUT2D eigenvalue weighted by atomic mass is 10.1. The second kappa shape index (κ2) is 6.21. The summed E-state index contributed by atoms with van der Waals surface area (Å²) in [6.07, 6.45) is 3.44. The Morgan fingerprint density at radius 3 is 2.58 bits per heavy atom. The summed E-state index contributed by atoms with van der Waals surface area (Å²) in [5.41, 5.74) is 0. The summed E-state index contributed by atoms with van der Waals surface area (Å²) in [5.74, 6) is -0.481. The SMILES string of the molecule is CC(C)[C@H](NC(=O)N(C)Cc1nccn1C)C(=O)O. The Labute approximate surface area is 112 Å². The van der Waals surface area contributed by atoms with Gasteiger partial charge in [0.2, 0.25) is 0 Å². The lowest BCUT2D eigenvalue weighted by molar-refractivity contribution is -0.140. The van der Waals surface area contributed by atoms with Crippen LogP contribution in [-0.2, 0) is 18.4 Å². The van der Waals surface area contributed by atoms with Crippen LogP contribution in [0.5, 0.6) is 0 Å². The van der Waals surface area contributed by atoms with Gasteiger partial charge in [-0.05, 0) is 5.92 Å². The van der Waals surface area contributed by atoms with E-state index in [-0.39, 0.29) is 5.92 Å². The number of carbonyl (C=O) groups is 2. The Kier molecular flexibility index (Phi) is 4.91. The van der Waals surface area contributed by atoms with Crippen molar-refractivity contribution in [3.63, 3.8) is 0 Å². The zero-order valence-corrected chi connectivity index (χ0v) is 11.6. The van der Waals surface area contributed by atoms with Crippen molar-refractivity contribution < 1.29 is 14.7 Å². The van der Waals surface area contributed by atoms with E-state index in [2.05, 4.69) is 10.3 Å². The lowest BCUT2D eigenvalue weighted by Crippen LogP contribution is -2.49. The standard InChI is InChI=1S/C12H20N4O3/c1-8(2)10(11(17)18)14-12(19)16(4)7-9-13-5-6-15(9)3/h5-6,8,10H,7H2,1-4H3,(H,14,19)(H,17,18)/t10-/m0/s1. The van der Waals surface area contributed by atoms with Crippen molar-refractivity contribution in [2.75, 3.05) is 7.05 Å². The quantitative estimate of drug-likeness (QED) is 0.821. The van der Waals surface area contributed by atoms with Crippen LogP contribution in [0.1, 0.15) is 19.7 Å². The maximum Gasteiger partial charge on any atom is 0.326 e. The fourth-order valence-corrected chi connectivity index (χ4v) is 1.59. The van der Waals surface area contributed by atoms with Crippen molar-refractivity contribution >= 4 is 12.0 Å². The Balaban J connectivity index is 2.62. The zero-order valence-electron chi connectivity index (χ0n) is 11.6. The fraction of sp³-hybridized carbons (Fsp3) is 0.583. The Morgan fingerprint density at radius 2 is 2.16 bits per heavy atom. The number of nitrogens with one attached hydrogen (secondary N) is 1. The number of hydrogen-bond acceptors (Lipinski definition) is 3. The maximum atomic E-state index is 11.9. The minimum atomic E-state index is -1.03. The summed E-state index contributed by atoms with van der Waals surface area (Å²) < 4.78 is 1.81. The number of carbonyl (C=O) groups excluding carboxylic acids is 1. The van der Waals surface area contributed by atoms with Gasteiger partial charge in [-0.3, -0.25) is 0 Å². The summed E-state index contributed by atoms with van der Waals surface area (Å²) in [6, 6.07) is -1.32. The van der Waals surface area contributed by atoms with Crippen molar-refractivity contribution in [2.24, 2.45) is 13.0 Å². The van der Waals surface area contributed by atoms with Crippen LogP contribution >= 0.6 is 0 Å².